The molecule has 1 aliphatic rings. The van der Waals surface area contributed by atoms with Crippen molar-refractivity contribution in [3.8, 4) is 0 Å². The molecular formula is C20H19ClN2O6. The minimum atomic E-state index is -1.05. The third-order valence-corrected chi connectivity index (χ3v) is 4.79. The zero-order chi connectivity index (χ0) is 21.0. The van der Waals surface area contributed by atoms with E-state index in [1.165, 1.54) is 37.3 Å². The number of esters is 1. The molecule has 1 saturated heterocycles. The maximum absolute atomic E-state index is 12.5. The van der Waals surface area contributed by atoms with Crippen LogP contribution in [0.25, 0.3) is 0 Å². The number of nitrogens with zero attached hydrogens (tertiary/aromatic N) is 2. The van der Waals surface area contributed by atoms with Crippen molar-refractivity contribution in [2.24, 2.45) is 0 Å². The van der Waals surface area contributed by atoms with E-state index in [0.717, 1.165) is 0 Å². The van der Waals surface area contributed by atoms with Gasteiger partial charge in [0.2, 0.25) is 5.78 Å². The van der Waals surface area contributed by atoms with Gasteiger partial charge in [0.15, 0.2) is 6.10 Å². The molecule has 8 nitrogen and oxygen atoms in total. The Balaban J connectivity index is 1.76. The second kappa shape index (κ2) is 9.02. The Labute approximate surface area is 172 Å². The molecule has 0 aliphatic carbocycles. The summed E-state index contributed by atoms with van der Waals surface area (Å²) in [6, 6.07) is 10.4. The first-order valence-corrected chi connectivity index (χ1v) is 9.36. The van der Waals surface area contributed by atoms with Crippen LogP contribution < -0.4 is 4.90 Å². The Morgan fingerprint density at radius 3 is 2.38 bits per heavy atom. The number of nitro groups is 1. The normalized spacial score (nSPS) is 14.9. The lowest BCUT2D eigenvalue weighted by Gasteiger charge is -2.28. The molecule has 0 saturated carbocycles. The van der Waals surface area contributed by atoms with Gasteiger partial charge in [0.05, 0.1) is 23.7 Å². The summed E-state index contributed by atoms with van der Waals surface area (Å²) in [6.45, 7) is 3.45. The molecule has 0 radical (unpaired) electrons. The number of anilines is 1. The first-order chi connectivity index (χ1) is 13.9. The molecule has 3 rings (SSSR count). The highest BCUT2D eigenvalue weighted by molar-refractivity contribution is 6.30. The Bertz CT molecular complexity index is 925. The van der Waals surface area contributed by atoms with E-state index in [0.29, 0.717) is 42.6 Å². The van der Waals surface area contributed by atoms with Crippen molar-refractivity contribution in [3.63, 3.8) is 0 Å². The standard InChI is InChI=1S/C20H19ClN2O6/c1-13(19(24)14-2-5-16(21)6-3-14)29-20(25)15-4-7-17(18(12-15)23(26)27)22-8-10-28-11-9-22/h2-7,12-13H,8-11H2,1H3/t13-/m1/s1. The Kier molecular flexibility index (Phi) is 6.46. The quantitative estimate of drug-likeness (QED) is 0.306. The van der Waals surface area contributed by atoms with E-state index in [9.17, 15) is 19.7 Å². The van der Waals surface area contributed by atoms with Crippen molar-refractivity contribution in [1.29, 1.82) is 0 Å². The predicted octanol–water partition coefficient (Wildman–Crippen LogP) is 3.51. The molecule has 1 atom stereocenters. The maximum atomic E-state index is 12.5. The van der Waals surface area contributed by atoms with Gasteiger partial charge in [-0.15, -0.1) is 0 Å². The molecule has 1 heterocycles. The van der Waals surface area contributed by atoms with Gasteiger partial charge in [-0.1, -0.05) is 11.6 Å². The third kappa shape index (κ3) is 4.90. The van der Waals surface area contributed by atoms with Crippen LogP contribution in [0.15, 0.2) is 42.5 Å². The van der Waals surface area contributed by atoms with Crippen LogP contribution in [-0.2, 0) is 9.47 Å². The average molecular weight is 419 g/mol. The molecule has 0 aromatic heterocycles. The van der Waals surface area contributed by atoms with Gasteiger partial charge in [0.1, 0.15) is 5.69 Å². The number of hydrogen-bond acceptors (Lipinski definition) is 7. The molecule has 29 heavy (non-hydrogen) atoms. The number of ether oxygens (including phenoxy) is 2. The van der Waals surface area contributed by atoms with Crippen LogP contribution in [0.1, 0.15) is 27.6 Å². The number of carbonyl (C=O) groups is 2. The highest BCUT2D eigenvalue weighted by atomic mass is 35.5. The van der Waals surface area contributed by atoms with E-state index < -0.39 is 22.8 Å². The van der Waals surface area contributed by atoms with Crippen LogP contribution >= 0.6 is 11.6 Å². The topological polar surface area (TPSA) is 99.0 Å². The number of morpholine rings is 1. The molecule has 0 bridgehead atoms. The molecule has 1 aliphatic heterocycles. The van der Waals surface area contributed by atoms with Gasteiger partial charge in [-0.05, 0) is 43.3 Å². The molecule has 2 aromatic rings. The van der Waals surface area contributed by atoms with Gasteiger partial charge >= 0.3 is 5.97 Å². The molecular weight excluding hydrogens is 400 g/mol. The van der Waals surface area contributed by atoms with E-state index in [2.05, 4.69) is 0 Å². The van der Waals surface area contributed by atoms with Crippen molar-refractivity contribution >= 4 is 34.7 Å². The number of ketones is 1. The minimum absolute atomic E-state index is 0.00413. The summed E-state index contributed by atoms with van der Waals surface area (Å²) in [7, 11) is 0. The van der Waals surface area contributed by atoms with E-state index in [1.54, 1.807) is 12.1 Å². The lowest BCUT2D eigenvalue weighted by atomic mass is 10.1. The van der Waals surface area contributed by atoms with Crippen molar-refractivity contribution in [2.75, 3.05) is 31.2 Å². The monoisotopic (exact) mass is 418 g/mol. The number of benzene rings is 2. The predicted molar refractivity (Wildman–Crippen MR) is 107 cm³/mol. The molecule has 0 amide bonds. The smallest absolute Gasteiger partial charge is 0.339 e. The van der Waals surface area contributed by atoms with Crippen LogP contribution in [0.2, 0.25) is 5.02 Å². The van der Waals surface area contributed by atoms with Gasteiger partial charge in [-0.25, -0.2) is 4.79 Å². The minimum Gasteiger partial charge on any atom is -0.451 e. The van der Waals surface area contributed by atoms with Crippen LogP contribution in [0.3, 0.4) is 0 Å². The van der Waals surface area contributed by atoms with Gasteiger partial charge in [-0.2, -0.15) is 0 Å². The fraction of sp³-hybridized carbons (Fsp3) is 0.300. The second-order valence-corrected chi connectivity index (χ2v) is 6.92. The molecule has 0 spiro atoms. The van der Waals surface area contributed by atoms with Crippen LogP contribution in [0.5, 0.6) is 0 Å². The number of rotatable bonds is 6. The summed E-state index contributed by atoms with van der Waals surface area (Å²) in [5.41, 5.74) is 0.575. The van der Waals surface area contributed by atoms with Crippen molar-refractivity contribution in [1.82, 2.24) is 0 Å². The number of nitro benzene ring substituents is 1. The van der Waals surface area contributed by atoms with Gasteiger partial charge in [0.25, 0.3) is 5.69 Å². The molecule has 9 heteroatoms. The highest BCUT2D eigenvalue weighted by Gasteiger charge is 2.25. The number of hydrogen-bond donors (Lipinski definition) is 0. The van der Waals surface area contributed by atoms with Gasteiger partial charge < -0.3 is 14.4 Å². The van der Waals surface area contributed by atoms with Crippen molar-refractivity contribution in [3.05, 3.63) is 68.7 Å². The zero-order valence-electron chi connectivity index (χ0n) is 15.7. The van der Waals surface area contributed by atoms with Gasteiger partial charge in [-0.3, -0.25) is 14.9 Å². The first-order valence-electron chi connectivity index (χ1n) is 8.98. The largest absolute Gasteiger partial charge is 0.451 e. The van der Waals surface area contributed by atoms with Crippen molar-refractivity contribution in [2.45, 2.75) is 13.0 Å². The summed E-state index contributed by atoms with van der Waals surface area (Å²) >= 11 is 5.81. The number of halogens is 1. The van der Waals surface area contributed by atoms with E-state index in [1.807, 2.05) is 4.90 Å². The Hall–Kier alpha value is -2.97. The molecule has 0 N–H and O–H groups in total. The molecule has 152 valence electrons. The summed E-state index contributed by atoms with van der Waals surface area (Å²) < 4.78 is 10.5. The second-order valence-electron chi connectivity index (χ2n) is 6.48. The van der Waals surface area contributed by atoms with Crippen LogP contribution in [0.4, 0.5) is 11.4 Å². The van der Waals surface area contributed by atoms with Crippen molar-refractivity contribution < 1.29 is 24.0 Å². The zero-order valence-corrected chi connectivity index (χ0v) is 16.4. The van der Waals surface area contributed by atoms with E-state index >= 15 is 0 Å². The van der Waals surface area contributed by atoms with E-state index in [-0.39, 0.29) is 11.3 Å². The number of Topliss-reactive ketones (excluding diaryl/α,β-unsaturated/α-hetero) is 1. The first kappa shape index (κ1) is 20.8. The fourth-order valence-electron chi connectivity index (χ4n) is 3.00. The fourth-order valence-corrected chi connectivity index (χ4v) is 3.13. The summed E-state index contributed by atoms with van der Waals surface area (Å²) in [6.07, 6.45) is -1.05. The van der Waals surface area contributed by atoms with Crippen LogP contribution in [-0.4, -0.2) is 49.1 Å². The SMILES string of the molecule is C[C@@H](OC(=O)c1ccc(N2CCOCC2)c([N+](=O)[O-])c1)C(=O)c1ccc(Cl)cc1. The summed E-state index contributed by atoms with van der Waals surface area (Å²) in [5.74, 6) is -1.20. The Morgan fingerprint density at radius 2 is 1.76 bits per heavy atom. The summed E-state index contributed by atoms with van der Waals surface area (Å²) in [4.78, 5) is 37.7. The molecule has 0 unspecified atom stereocenters. The molecule has 2 aromatic carbocycles. The van der Waals surface area contributed by atoms with Crippen LogP contribution in [0, 0.1) is 10.1 Å². The molecule has 1 fully saturated rings. The average Bonchev–Trinajstić information content (AvgIpc) is 2.73. The Morgan fingerprint density at radius 1 is 1.14 bits per heavy atom. The lowest BCUT2D eigenvalue weighted by Crippen LogP contribution is -2.36. The maximum Gasteiger partial charge on any atom is 0.339 e. The van der Waals surface area contributed by atoms with Gasteiger partial charge in [0, 0.05) is 29.7 Å². The van der Waals surface area contributed by atoms with E-state index in [4.69, 9.17) is 21.1 Å². The lowest BCUT2D eigenvalue weighted by molar-refractivity contribution is -0.384. The third-order valence-electron chi connectivity index (χ3n) is 4.54. The number of carbonyl (C=O) groups excluding carboxylic acids is 2. The summed E-state index contributed by atoms with van der Waals surface area (Å²) in [5, 5.41) is 12.0. The highest BCUT2D eigenvalue weighted by Crippen LogP contribution is 2.30.